The van der Waals surface area contributed by atoms with E-state index in [1.54, 1.807) is 12.4 Å². The van der Waals surface area contributed by atoms with Gasteiger partial charge in [0.1, 0.15) is 11.3 Å². The minimum absolute atomic E-state index is 0.131. The molecule has 0 spiro atoms. The molecule has 0 aliphatic rings. The molecule has 84 valence electrons. The molecule has 0 saturated carbocycles. The minimum atomic E-state index is 0.131. The summed E-state index contributed by atoms with van der Waals surface area (Å²) in [4.78, 5) is 25.5. The van der Waals surface area contributed by atoms with Gasteiger partial charge in [-0.2, -0.15) is 9.97 Å². The maximum atomic E-state index is 10.3. The molecule has 2 rings (SSSR count). The van der Waals surface area contributed by atoms with Gasteiger partial charge < -0.3 is 9.64 Å². The fourth-order valence-corrected chi connectivity index (χ4v) is 2.08. The molecule has 0 bridgehead atoms. The predicted molar refractivity (Wildman–Crippen MR) is 63.8 cm³/mol. The highest BCUT2D eigenvalue weighted by Crippen LogP contribution is 2.23. The molecule has 17 heavy (non-hydrogen) atoms. The first-order chi connectivity index (χ1) is 8.33. The molecule has 0 N–H and O–H groups in total. The van der Waals surface area contributed by atoms with Crippen LogP contribution >= 0.6 is 11.3 Å². The molecule has 0 aliphatic carbocycles. The van der Waals surface area contributed by atoms with E-state index in [-0.39, 0.29) is 5.95 Å². The zero-order valence-electron chi connectivity index (χ0n) is 8.83. The minimum Gasteiger partial charge on any atom is -0.394 e. The number of aromatic nitrogens is 3. The topological polar surface area (TPSA) is 60.1 Å². The molecule has 0 amide bonds. The van der Waals surface area contributed by atoms with Crippen LogP contribution in [0.2, 0.25) is 0 Å². The second-order valence-corrected chi connectivity index (χ2v) is 4.09. The van der Waals surface area contributed by atoms with Gasteiger partial charge in [0, 0.05) is 11.8 Å². The monoisotopic (exact) mass is 244 g/mol. The fourth-order valence-electron chi connectivity index (χ4n) is 1.25. The third-order valence-corrected chi connectivity index (χ3v) is 3.00. The smallest absolute Gasteiger partial charge is 0.371 e. The largest absolute Gasteiger partial charge is 0.394 e. The van der Waals surface area contributed by atoms with Crippen LogP contribution in [0.5, 0.6) is 0 Å². The summed E-state index contributed by atoms with van der Waals surface area (Å²) in [5.41, 5.74) is 1.69. The number of hydrogen-bond donors (Lipinski definition) is 0. The molecular weight excluding hydrogens is 236 g/mol. The Kier molecular flexibility index (Phi) is 3.52. The van der Waals surface area contributed by atoms with Crippen LogP contribution in [0, 0.1) is 6.57 Å². The normalized spacial score (nSPS) is 9.82. The number of aldehydes is 1. The molecule has 6 heteroatoms. The van der Waals surface area contributed by atoms with E-state index in [1.165, 1.54) is 11.3 Å². The maximum Gasteiger partial charge on any atom is 0.371 e. The Hall–Kier alpha value is -2.13. The fraction of sp³-hybridized carbons (Fsp3) is 0.182. The summed E-state index contributed by atoms with van der Waals surface area (Å²) in [6, 6.07) is 0. The van der Waals surface area contributed by atoms with Crippen LogP contribution < -0.4 is 0 Å². The summed E-state index contributed by atoms with van der Waals surface area (Å²) in [6.07, 6.45) is 5.19. The highest BCUT2D eigenvalue weighted by atomic mass is 32.1. The number of nitrogens with zero attached hydrogens (tertiary/aromatic N) is 4. The van der Waals surface area contributed by atoms with Crippen LogP contribution in [0.3, 0.4) is 0 Å². The molecule has 0 aromatic carbocycles. The Morgan fingerprint density at radius 2 is 2.18 bits per heavy atom. The van der Waals surface area contributed by atoms with E-state index in [2.05, 4.69) is 19.8 Å². The average Bonchev–Trinajstić information content (AvgIpc) is 2.85. The van der Waals surface area contributed by atoms with Gasteiger partial charge in [0.2, 0.25) is 0 Å². The van der Waals surface area contributed by atoms with Crippen molar-refractivity contribution in [2.45, 2.75) is 12.8 Å². The van der Waals surface area contributed by atoms with Crippen molar-refractivity contribution >= 4 is 23.6 Å². The zero-order chi connectivity index (χ0) is 12.1. The Balaban J connectivity index is 2.18. The summed E-state index contributed by atoms with van der Waals surface area (Å²) in [7, 11) is 0. The van der Waals surface area contributed by atoms with Crippen molar-refractivity contribution in [3.63, 3.8) is 0 Å². The Morgan fingerprint density at radius 3 is 2.82 bits per heavy atom. The third-order valence-electron chi connectivity index (χ3n) is 2.06. The van der Waals surface area contributed by atoms with Gasteiger partial charge >= 0.3 is 5.95 Å². The predicted octanol–water partition coefficient (Wildman–Crippen LogP) is 2.28. The standard InChI is InChI=1S/C11H8N4OS/c1-12-11-13-5-8(6-14-11)10-15-9(7-17-10)3-2-4-16/h4-7H,2-3H2. The first kappa shape index (κ1) is 11.4. The molecule has 0 aliphatic heterocycles. The lowest BCUT2D eigenvalue weighted by atomic mass is 10.3. The lowest BCUT2D eigenvalue weighted by Crippen LogP contribution is -1.87. The van der Waals surface area contributed by atoms with Gasteiger partial charge in [-0.1, -0.05) is 0 Å². The second-order valence-electron chi connectivity index (χ2n) is 3.23. The van der Waals surface area contributed by atoms with Crippen molar-refractivity contribution in [2.24, 2.45) is 0 Å². The molecule has 0 radical (unpaired) electrons. The molecule has 5 nitrogen and oxygen atoms in total. The number of carbonyl (C=O) groups excluding carboxylic acids is 1. The first-order valence-electron chi connectivity index (χ1n) is 4.91. The Morgan fingerprint density at radius 1 is 1.41 bits per heavy atom. The zero-order valence-corrected chi connectivity index (χ0v) is 9.65. The van der Waals surface area contributed by atoms with Crippen LogP contribution in [0.15, 0.2) is 17.8 Å². The van der Waals surface area contributed by atoms with E-state index in [0.717, 1.165) is 22.6 Å². The number of thiazole rings is 1. The van der Waals surface area contributed by atoms with E-state index in [0.29, 0.717) is 12.8 Å². The third kappa shape index (κ3) is 2.71. The summed E-state index contributed by atoms with van der Waals surface area (Å²) in [5, 5.41) is 2.73. The van der Waals surface area contributed by atoms with Crippen molar-refractivity contribution in [2.75, 3.05) is 0 Å². The van der Waals surface area contributed by atoms with Gasteiger partial charge in [-0.05, 0) is 6.42 Å². The van der Waals surface area contributed by atoms with Crippen LogP contribution in [0.4, 0.5) is 5.95 Å². The lowest BCUT2D eigenvalue weighted by Gasteiger charge is -1.92. The molecule has 2 heterocycles. The molecule has 0 atom stereocenters. The van der Waals surface area contributed by atoms with Crippen molar-refractivity contribution in [3.05, 3.63) is 34.9 Å². The van der Waals surface area contributed by atoms with Crippen LogP contribution in [-0.2, 0) is 11.2 Å². The highest BCUT2D eigenvalue weighted by molar-refractivity contribution is 7.13. The van der Waals surface area contributed by atoms with E-state index in [9.17, 15) is 4.79 Å². The van der Waals surface area contributed by atoms with E-state index in [4.69, 9.17) is 6.57 Å². The van der Waals surface area contributed by atoms with Gasteiger partial charge in [0.25, 0.3) is 0 Å². The van der Waals surface area contributed by atoms with Crippen molar-refractivity contribution < 1.29 is 4.79 Å². The Labute approximate surface area is 102 Å². The van der Waals surface area contributed by atoms with Crippen LogP contribution in [0.1, 0.15) is 12.1 Å². The first-order valence-corrected chi connectivity index (χ1v) is 5.79. The summed E-state index contributed by atoms with van der Waals surface area (Å²) >= 11 is 1.48. The number of aryl methyl sites for hydroxylation is 1. The summed E-state index contributed by atoms with van der Waals surface area (Å²) in [5.74, 6) is 0.131. The molecule has 0 saturated heterocycles. The van der Waals surface area contributed by atoms with Gasteiger partial charge in [0.05, 0.1) is 23.7 Å². The lowest BCUT2D eigenvalue weighted by molar-refractivity contribution is -0.107. The van der Waals surface area contributed by atoms with E-state index >= 15 is 0 Å². The van der Waals surface area contributed by atoms with Gasteiger partial charge in [0.15, 0.2) is 0 Å². The van der Waals surface area contributed by atoms with Gasteiger partial charge in [-0.3, -0.25) is 0 Å². The van der Waals surface area contributed by atoms with Crippen molar-refractivity contribution in [1.29, 1.82) is 0 Å². The average molecular weight is 244 g/mol. The van der Waals surface area contributed by atoms with Crippen molar-refractivity contribution in [1.82, 2.24) is 15.0 Å². The maximum absolute atomic E-state index is 10.3. The van der Waals surface area contributed by atoms with Gasteiger partial charge in [-0.25, -0.2) is 4.98 Å². The molecule has 2 aromatic heterocycles. The number of rotatable bonds is 4. The molecule has 0 fully saturated rings. The Bertz CT molecular complexity index is 556. The molecule has 0 unspecified atom stereocenters. The molecule has 2 aromatic rings. The molecular formula is C11H8N4OS. The summed E-state index contributed by atoms with van der Waals surface area (Å²) in [6.45, 7) is 6.75. The highest BCUT2D eigenvalue weighted by Gasteiger charge is 2.07. The van der Waals surface area contributed by atoms with Crippen LogP contribution in [-0.4, -0.2) is 21.2 Å². The van der Waals surface area contributed by atoms with E-state index < -0.39 is 0 Å². The summed E-state index contributed by atoms with van der Waals surface area (Å²) < 4.78 is 0. The SMILES string of the molecule is [C-]#[N+]c1ncc(-c2nc(CCC=O)cs2)cn1. The van der Waals surface area contributed by atoms with E-state index in [1.807, 2.05) is 5.38 Å². The van der Waals surface area contributed by atoms with Crippen molar-refractivity contribution in [3.8, 4) is 10.6 Å². The number of hydrogen-bond acceptors (Lipinski definition) is 5. The quantitative estimate of drug-likeness (QED) is 0.611. The number of carbonyl (C=O) groups is 1. The second kappa shape index (κ2) is 5.27. The van der Waals surface area contributed by atoms with Crippen LogP contribution in [0.25, 0.3) is 15.4 Å². The van der Waals surface area contributed by atoms with Gasteiger partial charge in [-0.15, -0.1) is 17.9 Å².